The number of hydrogen-bond acceptors (Lipinski definition) is 6. The van der Waals surface area contributed by atoms with Gasteiger partial charge in [0.1, 0.15) is 5.82 Å². The molecule has 1 unspecified atom stereocenters. The molecule has 0 bridgehead atoms. The maximum atomic E-state index is 10.8. The van der Waals surface area contributed by atoms with Gasteiger partial charge in [-0.3, -0.25) is 4.79 Å². The Labute approximate surface area is 124 Å². The van der Waals surface area contributed by atoms with Gasteiger partial charge in [-0.15, -0.1) is 26.6 Å². The highest BCUT2D eigenvalue weighted by atomic mass is 32.1. The van der Waals surface area contributed by atoms with E-state index in [9.17, 15) is 4.79 Å². The first-order valence-corrected chi connectivity index (χ1v) is 7.26. The minimum Gasteiger partial charge on any atom is -0.481 e. The van der Waals surface area contributed by atoms with Crippen LogP contribution in [0.3, 0.4) is 0 Å². The number of nitrogens with zero attached hydrogens (tertiary/aromatic N) is 4. The average molecular weight is 303 g/mol. The van der Waals surface area contributed by atoms with Crippen LogP contribution in [0.2, 0.25) is 0 Å². The molecule has 21 heavy (non-hydrogen) atoms. The second-order valence-corrected chi connectivity index (χ2v) is 5.56. The minimum absolute atomic E-state index is 0.310. The molecular formula is C13H13N5O2S. The molecule has 108 valence electrons. The van der Waals surface area contributed by atoms with E-state index in [-0.39, 0.29) is 0 Å². The molecule has 0 aliphatic heterocycles. The zero-order valence-corrected chi connectivity index (χ0v) is 12.0. The third-order valence-corrected chi connectivity index (χ3v) is 3.88. The van der Waals surface area contributed by atoms with Gasteiger partial charge in [0, 0.05) is 6.54 Å². The molecule has 0 aliphatic carbocycles. The second-order valence-electron chi connectivity index (χ2n) is 4.61. The molecule has 0 aliphatic rings. The minimum atomic E-state index is -0.841. The van der Waals surface area contributed by atoms with Crippen molar-refractivity contribution in [3.8, 4) is 10.7 Å². The Morgan fingerprint density at radius 3 is 3.00 bits per heavy atom. The number of carboxylic acid groups (broad SMARTS) is 1. The fourth-order valence-corrected chi connectivity index (χ4v) is 2.48. The molecule has 3 aromatic heterocycles. The first kappa shape index (κ1) is 13.5. The van der Waals surface area contributed by atoms with Gasteiger partial charge in [-0.05, 0) is 23.6 Å². The molecule has 7 nitrogen and oxygen atoms in total. The van der Waals surface area contributed by atoms with Gasteiger partial charge in [-0.25, -0.2) is 0 Å². The number of aliphatic carboxylic acids is 1. The van der Waals surface area contributed by atoms with Gasteiger partial charge in [0.25, 0.3) is 0 Å². The zero-order chi connectivity index (χ0) is 14.8. The fraction of sp³-hybridized carbons (Fsp3) is 0.231. The van der Waals surface area contributed by atoms with Gasteiger partial charge in [0.2, 0.25) is 0 Å². The lowest BCUT2D eigenvalue weighted by molar-refractivity contribution is -0.140. The van der Waals surface area contributed by atoms with Crippen molar-refractivity contribution in [2.45, 2.75) is 6.92 Å². The number of fused-ring (bicyclic) bond motifs is 1. The van der Waals surface area contributed by atoms with E-state index < -0.39 is 11.9 Å². The normalized spacial score (nSPS) is 12.4. The van der Waals surface area contributed by atoms with Crippen LogP contribution in [0.5, 0.6) is 0 Å². The summed E-state index contributed by atoms with van der Waals surface area (Å²) in [5.41, 5.74) is 0.648. The molecule has 3 aromatic rings. The Morgan fingerprint density at radius 1 is 1.43 bits per heavy atom. The van der Waals surface area contributed by atoms with E-state index in [1.165, 1.54) is 0 Å². The highest BCUT2D eigenvalue weighted by molar-refractivity contribution is 7.13. The number of carboxylic acids is 1. The van der Waals surface area contributed by atoms with Gasteiger partial charge in [0.15, 0.2) is 11.5 Å². The van der Waals surface area contributed by atoms with Crippen LogP contribution in [-0.4, -0.2) is 37.4 Å². The van der Waals surface area contributed by atoms with Crippen molar-refractivity contribution >= 4 is 28.8 Å². The summed E-state index contributed by atoms with van der Waals surface area (Å²) >= 11 is 1.56. The Balaban J connectivity index is 1.88. The predicted molar refractivity (Wildman–Crippen MR) is 79.4 cm³/mol. The molecule has 8 heteroatoms. The summed E-state index contributed by atoms with van der Waals surface area (Å²) < 4.78 is 1.65. The monoisotopic (exact) mass is 303 g/mol. The standard InChI is InChI=1S/C13H13N5O2S/c1-8(13(19)20)7-14-10-4-5-11-15-16-12(18(11)17-10)9-3-2-6-21-9/h2-6,8H,7H2,1H3,(H,14,17)(H,19,20). The fourth-order valence-electron chi connectivity index (χ4n) is 1.79. The number of carbonyl (C=O) groups is 1. The zero-order valence-electron chi connectivity index (χ0n) is 11.2. The van der Waals surface area contributed by atoms with Crippen molar-refractivity contribution in [3.05, 3.63) is 29.6 Å². The van der Waals surface area contributed by atoms with Crippen LogP contribution in [0, 0.1) is 5.92 Å². The van der Waals surface area contributed by atoms with Crippen LogP contribution < -0.4 is 5.32 Å². The number of hydrogen-bond donors (Lipinski definition) is 2. The lowest BCUT2D eigenvalue weighted by Crippen LogP contribution is -2.20. The third-order valence-electron chi connectivity index (χ3n) is 3.02. The SMILES string of the molecule is CC(CNc1ccc2nnc(-c3cccs3)n2n1)C(=O)O. The van der Waals surface area contributed by atoms with Crippen LogP contribution in [0.25, 0.3) is 16.3 Å². The number of thiophene rings is 1. The molecule has 3 heterocycles. The average Bonchev–Trinajstić information content (AvgIpc) is 3.12. The maximum Gasteiger partial charge on any atom is 0.308 e. The van der Waals surface area contributed by atoms with Crippen molar-refractivity contribution in [2.75, 3.05) is 11.9 Å². The van der Waals surface area contributed by atoms with E-state index in [1.807, 2.05) is 17.5 Å². The first-order valence-electron chi connectivity index (χ1n) is 6.38. The first-order chi connectivity index (χ1) is 10.1. The van der Waals surface area contributed by atoms with Crippen LogP contribution in [-0.2, 0) is 4.79 Å². The van der Waals surface area contributed by atoms with E-state index >= 15 is 0 Å². The summed E-state index contributed by atoms with van der Waals surface area (Å²) in [5.74, 6) is -0.0598. The number of rotatable bonds is 5. The van der Waals surface area contributed by atoms with Crippen LogP contribution in [0.15, 0.2) is 29.6 Å². The molecule has 0 saturated carbocycles. The van der Waals surface area contributed by atoms with Crippen LogP contribution >= 0.6 is 11.3 Å². The molecule has 1 atom stereocenters. The lowest BCUT2D eigenvalue weighted by atomic mass is 10.2. The van der Waals surface area contributed by atoms with E-state index in [0.29, 0.717) is 23.8 Å². The molecule has 0 amide bonds. The quantitative estimate of drug-likeness (QED) is 0.749. The molecule has 3 rings (SSSR count). The van der Waals surface area contributed by atoms with Crippen molar-refractivity contribution in [1.82, 2.24) is 19.8 Å². The molecule has 0 fully saturated rings. The Kier molecular flexibility index (Phi) is 3.53. The van der Waals surface area contributed by atoms with Crippen molar-refractivity contribution < 1.29 is 9.90 Å². The third kappa shape index (κ3) is 2.70. The van der Waals surface area contributed by atoms with E-state index in [1.54, 1.807) is 34.9 Å². The van der Waals surface area contributed by atoms with E-state index in [4.69, 9.17) is 5.11 Å². The van der Waals surface area contributed by atoms with Gasteiger partial charge in [-0.2, -0.15) is 4.52 Å². The Hall–Kier alpha value is -2.48. The molecule has 0 aromatic carbocycles. The molecule has 0 radical (unpaired) electrons. The summed E-state index contributed by atoms with van der Waals surface area (Å²) in [6.07, 6.45) is 0. The summed E-state index contributed by atoms with van der Waals surface area (Å²) in [5, 5.41) is 26.5. The summed E-state index contributed by atoms with van der Waals surface area (Å²) in [7, 11) is 0. The smallest absolute Gasteiger partial charge is 0.308 e. The van der Waals surface area contributed by atoms with E-state index in [0.717, 1.165) is 4.88 Å². The highest BCUT2D eigenvalue weighted by Gasteiger charge is 2.13. The second kappa shape index (κ2) is 5.49. The lowest BCUT2D eigenvalue weighted by Gasteiger charge is -2.08. The number of aromatic nitrogens is 4. The van der Waals surface area contributed by atoms with Gasteiger partial charge < -0.3 is 10.4 Å². The maximum absolute atomic E-state index is 10.8. The van der Waals surface area contributed by atoms with Crippen molar-refractivity contribution in [3.63, 3.8) is 0 Å². The summed E-state index contributed by atoms with van der Waals surface area (Å²) in [4.78, 5) is 11.8. The largest absolute Gasteiger partial charge is 0.481 e. The summed E-state index contributed by atoms with van der Waals surface area (Å²) in [6.45, 7) is 1.95. The number of anilines is 1. The summed E-state index contributed by atoms with van der Waals surface area (Å²) in [6, 6.07) is 7.45. The predicted octanol–water partition coefficient (Wildman–Crippen LogP) is 1.99. The molecular weight excluding hydrogens is 290 g/mol. The van der Waals surface area contributed by atoms with Crippen LogP contribution in [0.1, 0.15) is 6.92 Å². The Bertz CT molecular complexity index is 768. The highest BCUT2D eigenvalue weighted by Crippen LogP contribution is 2.23. The number of nitrogens with one attached hydrogen (secondary N) is 1. The molecule has 0 saturated heterocycles. The van der Waals surface area contributed by atoms with Crippen LogP contribution in [0.4, 0.5) is 5.82 Å². The van der Waals surface area contributed by atoms with Crippen molar-refractivity contribution in [1.29, 1.82) is 0 Å². The Morgan fingerprint density at radius 2 is 2.29 bits per heavy atom. The van der Waals surface area contributed by atoms with Crippen molar-refractivity contribution in [2.24, 2.45) is 5.92 Å². The van der Waals surface area contributed by atoms with Gasteiger partial charge in [0.05, 0.1) is 10.8 Å². The van der Waals surface area contributed by atoms with Gasteiger partial charge >= 0.3 is 5.97 Å². The van der Waals surface area contributed by atoms with E-state index in [2.05, 4.69) is 20.6 Å². The molecule has 2 N–H and O–H groups in total. The topological polar surface area (TPSA) is 92.4 Å². The molecule has 0 spiro atoms. The van der Waals surface area contributed by atoms with Gasteiger partial charge in [-0.1, -0.05) is 13.0 Å².